The second kappa shape index (κ2) is 7.63. The molecule has 0 radical (unpaired) electrons. The van der Waals surface area contributed by atoms with Gasteiger partial charge in [0.15, 0.2) is 0 Å². The molecule has 0 aliphatic rings. The van der Waals surface area contributed by atoms with Crippen LogP contribution in [-0.4, -0.2) is 10.9 Å². The lowest BCUT2D eigenvalue weighted by Gasteiger charge is -2.14. The Labute approximate surface area is 153 Å². The van der Waals surface area contributed by atoms with Crippen LogP contribution in [0.2, 0.25) is 4.34 Å². The molecule has 3 rings (SSSR count). The maximum Gasteiger partial charge on any atom is 0.257 e. The number of benzene rings is 1. The smallest absolute Gasteiger partial charge is 0.257 e. The fourth-order valence-corrected chi connectivity index (χ4v) is 3.23. The molecule has 4 nitrogen and oxygen atoms in total. The minimum absolute atomic E-state index is 0.156. The molecule has 0 aliphatic carbocycles. The lowest BCUT2D eigenvalue weighted by molar-refractivity contribution is 0.0937. The van der Waals surface area contributed by atoms with Gasteiger partial charge in [0.2, 0.25) is 5.88 Å². The second-order valence-corrected chi connectivity index (χ2v) is 7.00. The maximum atomic E-state index is 13.0. The van der Waals surface area contributed by atoms with Gasteiger partial charge >= 0.3 is 0 Å². The first-order chi connectivity index (χ1) is 12.0. The molecule has 0 bridgehead atoms. The molecule has 3 aromatic rings. The van der Waals surface area contributed by atoms with Crippen LogP contribution in [0, 0.1) is 5.82 Å². The quantitative estimate of drug-likeness (QED) is 0.664. The Bertz CT molecular complexity index is 883. The van der Waals surface area contributed by atoms with Gasteiger partial charge in [-0.25, -0.2) is 9.37 Å². The van der Waals surface area contributed by atoms with Crippen LogP contribution < -0.4 is 10.1 Å². The number of aromatic nitrogens is 1. The van der Waals surface area contributed by atoms with Crippen molar-refractivity contribution < 1.29 is 13.9 Å². The van der Waals surface area contributed by atoms with Crippen molar-refractivity contribution in [2.75, 3.05) is 0 Å². The molecule has 1 unspecified atom stereocenters. The Morgan fingerprint density at radius 1 is 1.24 bits per heavy atom. The molecule has 128 valence electrons. The molecule has 7 heteroatoms. The number of carbonyl (C=O) groups is 1. The zero-order chi connectivity index (χ0) is 17.8. The third-order valence-corrected chi connectivity index (χ3v) is 4.83. The van der Waals surface area contributed by atoms with E-state index in [0.717, 1.165) is 4.88 Å². The first-order valence-corrected chi connectivity index (χ1v) is 8.67. The predicted molar refractivity (Wildman–Crippen MR) is 95.9 cm³/mol. The molecule has 0 saturated heterocycles. The molecule has 0 spiro atoms. The monoisotopic (exact) mass is 376 g/mol. The summed E-state index contributed by atoms with van der Waals surface area (Å²) in [4.78, 5) is 17.6. The highest BCUT2D eigenvalue weighted by molar-refractivity contribution is 7.16. The minimum Gasteiger partial charge on any atom is -0.438 e. The Morgan fingerprint density at radius 3 is 2.68 bits per heavy atom. The average Bonchev–Trinajstić information content (AvgIpc) is 3.04. The van der Waals surface area contributed by atoms with E-state index in [1.165, 1.54) is 41.8 Å². The van der Waals surface area contributed by atoms with E-state index in [2.05, 4.69) is 10.3 Å². The Morgan fingerprint density at radius 2 is 2.00 bits per heavy atom. The highest BCUT2D eigenvalue weighted by atomic mass is 35.5. The number of thiophene rings is 1. The number of ether oxygens (including phenoxy) is 1. The Kier molecular flexibility index (Phi) is 5.31. The van der Waals surface area contributed by atoms with Gasteiger partial charge in [0.25, 0.3) is 5.91 Å². The van der Waals surface area contributed by atoms with E-state index in [4.69, 9.17) is 16.3 Å². The van der Waals surface area contributed by atoms with Crippen LogP contribution >= 0.6 is 22.9 Å². The molecule has 1 aromatic carbocycles. The van der Waals surface area contributed by atoms with Crippen LogP contribution in [0.4, 0.5) is 4.39 Å². The van der Waals surface area contributed by atoms with Crippen LogP contribution in [-0.2, 0) is 0 Å². The van der Waals surface area contributed by atoms with E-state index in [9.17, 15) is 9.18 Å². The summed E-state index contributed by atoms with van der Waals surface area (Å²) in [5.74, 6) is -0.132. The van der Waals surface area contributed by atoms with Crippen molar-refractivity contribution in [3.63, 3.8) is 0 Å². The van der Waals surface area contributed by atoms with Crippen molar-refractivity contribution in [3.05, 3.63) is 75.3 Å². The van der Waals surface area contributed by atoms with Crippen molar-refractivity contribution in [3.8, 4) is 11.6 Å². The number of hydrogen-bond donors (Lipinski definition) is 1. The summed E-state index contributed by atoms with van der Waals surface area (Å²) in [6.45, 7) is 1.87. The van der Waals surface area contributed by atoms with Crippen LogP contribution in [0.3, 0.4) is 0 Å². The number of pyridine rings is 1. The molecular formula is C18H14ClFN2O2S. The first kappa shape index (κ1) is 17.4. The molecule has 25 heavy (non-hydrogen) atoms. The normalized spacial score (nSPS) is 11.8. The first-order valence-electron chi connectivity index (χ1n) is 7.47. The van der Waals surface area contributed by atoms with Crippen molar-refractivity contribution in [1.82, 2.24) is 10.3 Å². The molecule has 1 amide bonds. The van der Waals surface area contributed by atoms with Gasteiger partial charge in [-0.2, -0.15) is 0 Å². The van der Waals surface area contributed by atoms with E-state index >= 15 is 0 Å². The van der Waals surface area contributed by atoms with Gasteiger partial charge < -0.3 is 10.1 Å². The van der Waals surface area contributed by atoms with E-state index in [1.54, 1.807) is 18.2 Å². The summed E-state index contributed by atoms with van der Waals surface area (Å²) in [5, 5.41) is 2.89. The van der Waals surface area contributed by atoms with Gasteiger partial charge in [-0.3, -0.25) is 4.79 Å². The largest absolute Gasteiger partial charge is 0.438 e. The van der Waals surface area contributed by atoms with Gasteiger partial charge in [-0.1, -0.05) is 11.6 Å². The molecule has 2 aromatic heterocycles. The lowest BCUT2D eigenvalue weighted by atomic mass is 10.2. The third kappa shape index (κ3) is 4.35. The topological polar surface area (TPSA) is 51.2 Å². The van der Waals surface area contributed by atoms with Crippen LogP contribution in [0.1, 0.15) is 28.2 Å². The number of halogens is 2. The third-order valence-electron chi connectivity index (χ3n) is 3.41. The van der Waals surface area contributed by atoms with Crippen molar-refractivity contribution in [1.29, 1.82) is 0 Å². The van der Waals surface area contributed by atoms with Crippen LogP contribution in [0.15, 0.2) is 54.7 Å². The molecule has 0 fully saturated rings. The summed E-state index contributed by atoms with van der Waals surface area (Å²) >= 11 is 7.34. The SMILES string of the molecule is CC(NC(=O)c1cccnc1Oc1ccc(F)cc1)c1ccc(Cl)s1. The Hall–Kier alpha value is -2.44. The van der Waals surface area contributed by atoms with Crippen molar-refractivity contribution >= 4 is 28.8 Å². The van der Waals surface area contributed by atoms with E-state index < -0.39 is 0 Å². The van der Waals surface area contributed by atoms with E-state index in [1.807, 2.05) is 13.0 Å². The molecular weight excluding hydrogens is 363 g/mol. The molecule has 1 atom stereocenters. The lowest BCUT2D eigenvalue weighted by Crippen LogP contribution is -2.26. The molecule has 0 saturated carbocycles. The number of nitrogens with zero attached hydrogens (tertiary/aromatic N) is 1. The number of rotatable bonds is 5. The van der Waals surface area contributed by atoms with Gasteiger partial charge in [0.05, 0.1) is 10.4 Å². The molecule has 0 aliphatic heterocycles. The number of nitrogens with one attached hydrogen (secondary N) is 1. The molecule has 2 heterocycles. The summed E-state index contributed by atoms with van der Waals surface area (Å²) in [7, 11) is 0. The van der Waals surface area contributed by atoms with E-state index in [0.29, 0.717) is 15.6 Å². The van der Waals surface area contributed by atoms with Crippen molar-refractivity contribution in [2.24, 2.45) is 0 Å². The van der Waals surface area contributed by atoms with E-state index in [-0.39, 0.29) is 23.6 Å². The van der Waals surface area contributed by atoms with Gasteiger partial charge in [0.1, 0.15) is 17.1 Å². The zero-order valence-electron chi connectivity index (χ0n) is 13.2. The zero-order valence-corrected chi connectivity index (χ0v) is 14.8. The summed E-state index contributed by atoms with van der Waals surface area (Å²) in [6, 6.07) is 12.2. The summed E-state index contributed by atoms with van der Waals surface area (Å²) in [6.07, 6.45) is 1.53. The highest BCUT2D eigenvalue weighted by Crippen LogP contribution is 2.28. The van der Waals surface area contributed by atoms with Gasteiger partial charge in [-0.05, 0) is 55.5 Å². The number of amides is 1. The standard InChI is InChI=1S/C18H14ClFN2O2S/c1-11(15-8-9-16(19)25-15)22-17(23)14-3-2-10-21-18(14)24-13-6-4-12(20)5-7-13/h2-11H,1H3,(H,22,23). The van der Waals surface area contributed by atoms with Crippen molar-refractivity contribution in [2.45, 2.75) is 13.0 Å². The minimum atomic E-state index is -0.366. The van der Waals surface area contributed by atoms with Crippen LogP contribution in [0.25, 0.3) is 0 Å². The predicted octanol–water partition coefficient (Wildman–Crippen LogP) is 5.22. The fraction of sp³-hybridized carbons (Fsp3) is 0.111. The van der Waals surface area contributed by atoms with Crippen LogP contribution in [0.5, 0.6) is 11.6 Å². The average molecular weight is 377 g/mol. The number of hydrogen-bond acceptors (Lipinski definition) is 4. The van der Waals surface area contributed by atoms with Gasteiger partial charge in [0, 0.05) is 11.1 Å². The molecule has 1 N–H and O–H groups in total. The number of carbonyl (C=O) groups excluding carboxylic acids is 1. The maximum absolute atomic E-state index is 13.0. The summed E-state index contributed by atoms with van der Waals surface area (Å²) in [5.41, 5.74) is 0.293. The Balaban J connectivity index is 1.77. The fourth-order valence-electron chi connectivity index (χ4n) is 2.17. The summed E-state index contributed by atoms with van der Waals surface area (Å²) < 4.78 is 19.3. The highest BCUT2D eigenvalue weighted by Gasteiger charge is 2.18. The second-order valence-electron chi connectivity index (χ2n) is 5.25. The van der Waals surface area contributed by atoms with Gasteiger partial charge in [-0.15, -0.1) is 11.3 Å².